The molecule has 0 spiro atoms. The van der Waals surface area contributed by atoms with Crippen LogP contribution in [0.25, 0.3) is 0 Å². The lowest BCUT2D eigenvalue weighted by Gasteiger charge is -2.09. The van der Waals surface area contributed by atoms with Crippen molar-refractivity contribution in [1.82, 2.24) is 5.32 Å². The second-order valence-corrected chi connectivity index (χ2v) is 4.64. The van der Waals surface area contributed by atoms with Gasteiger partial charge in [0.15, 0.2) is 6.61 Å². The van der Waals surface area contributed by atoms with Crippen molar-refractivity contribution in [3.05, 3.63) is 29.8 Å². The minimum atomic E-state index is -4.57. The zero-order valence-corrected chi connectivity index (χ0v) is 10.9. The smallest absolute Gasteiger partial charge is 0.422 e. The first-order chi connectivity index (χ1) is 9.83. The summed E-state index contributed by atoms with van der Waals surface area (Å²) in [6.45, 7) is -1.65. The molecule has 0 bridgehead atoms. The lowest BCUT2D eigenvalue weighted by Crippen LogP contribution is -2.25. The van der Waals surface area contributed by atoms with Gasteiger partial charge in [0.25, 0.3) is 5.91 Å². The van der Waals surface area contributed by atoms with Gasteiger partial charge in [-0.2, -0.15) is 13.2 Å². The zero-order chi connectivity index (χ0) is 15.5. The first-order valence-electron chi connectivity index (χ1n) is 6.25. The number of anilines is 1. The Morgan fingerprint density at radius 2 is 1.81 bits per heavy atom. The van der Waals surface area contributed by atoms with Gasteiger partial charge < -0.3 is 10.1 Å². The number of hydrogen-bond acceptors (Lipinski definition) is 3. The molecule has 0 aliphatic heterocycles. The van der Waals surface area contributed by atoms with E-state index in [1.165, 1.54) is 24.3 Å². The highest BCUT2D eigenvalue weighted by Crippen LogP contribution is 2.20. The molecular weight excluding hydrogens is 289 g/mol. The number of carbonyl (C=O) groups is 2. The number of rotatable bonds is 4. The third kappa shape index (κ3) is 5.33. The van der Waals surface area contributed by atoms with E-state index in [-0.39, 0.29) is 17.6 Å². The maximum atomic E-state index is 11.9. The molecule has 0 radical (unpaired) electrons. The fraction of sp³-hybridized carbons (Fsp3) is 0.385. The van der Waals surface area contributed by atoms with Crippen molar-refractivity contribution in [2.45, 2.75) is 25.1 Å². The summed E-state index contributed by atoms with van der Waals surface area (Å²) in [4.78, 5) is 22.8. The molecule has 21 heavy (non-hydrogen) atoms. The summed E-state index contributed by atoms with van der Waals surface area (Å²) in [5.74, 6) is -0.219. The summed E-state index contributed by atoms with van der Waals surface area (Å²) in [7, 11) is 0. The van der Waals surface area contributed by atoms with Crippen LogP contribution in [0.5, 0.6) is 0 Å². The highest BCUT2D eigenvalue weighted by atomic mass is 19.4. The summed E-state index contributed by atoms with van der Waals surface area (Å²) < 4.78 is 39.6. The van der Waals surface area contributed by atoms with Crippen LogP contribution in [0.3, 0.4) is 0 Å². The highest BCUT2D eigenvalue weighted by molar-refractivity contribution is 5.95. The number of amides is 2. The van der Waals surface area contributed by atoms with E-state index in [0.717, 1.165) is 12.8 Å². The molecule has 0 saturated heterocycles. The Hall–Kier alpha value is -2.25. The molecule has 2 amide bonds. The van der Waals surface area contributed by atoms with Gasteiger partial charge >= 0.3 is 12.3 Å². The van der Waals surface area contributed by atoms with Crippen molar-refractivity contribution >= 4 is 17.7 Å². The Bertz CT molecular complexity index is 524. The quantitative estimate of drug-likeness (QED) is 0.898. The van der Waals surface area contributed by atoms with Crippen molar-refractivity contribution < 1.29 is 27.5 Å². The number of halogens is 3. The fourth-order valence-corrected chi connectivity index (χ4v) is 1.50. The summed E-state index contributed by atoms with van der Waals surface area (Å²) in [5.41, 5.74) is 0.654. The molecule has 0 unspecified atom stereocenters. The molecule has 1 saturated carbocycles. The second kappa shape index (κ2) is 6.02. The van der Waals surface area contributed by atoms with Crippen LogP contribution in [0.1, 0.15) is 23.2 Å². The third-order valence-corrected chi connectivity index (χ3v) is 2.67. The van der Waals surface area contributed by atoms with E-state index >= 15 is 0 Å². The number of ether oxygens (including phenoxy) is 1. The van der Waals surface area contributed by atoms with Crippen molar-refractivity contribution in [2.24, 2.45) is 0 Å². The maximum absolute atomic E-state index is 11.9. The molecule has 1 aromatic rings. The Morgan fingerprint density at radius 3 is 2.33 bits per heavy atom. The monoisotopic (exact) mass is 302 g/mol. The number of alkyl halides is 3. The summed E-state index contributed by atoms with van der Waals surface area (Å²) in [5, 5.41) is 4.93. The average Bonchev–Trinajstić information content (AvgIpc) is 3.20. The number of nitrogens with one attached hydrogen (secondary N) is 2. The minimum Gasteiger partial charge on any atom is -0.440 e. The molecule has 1 aliphatic rings. The van der Waals surface area contributed by atoms with E-state index in [0.29, 0.717) is 5.56 Å². The van der Waals surface area contributed by atoms with Gasteiger partial charge in [0, 0.05) is 17.3 Å². The van der Waals surface area contributed by atoms with Crippen LogP contribution in [0.4, 0.5) is 23.7 Å². The van der Waals surface area contributed by atoms with Crippen LogP contribution >= 0.6 is 0 Å². The van der Waals surface area contributed by atoms with E-state index in [4.69, 9.17) is 0 Å². The predicted octanol–water partition coefficient (Wildman–Crippen LogP) is 2.69. The number of hydrogen-bond donors (Lipinski definition) is 2. The Kier molecular flexibility index (Phi) is 4.35. The lowest BCUT2D eigenvalue weighted by atomic mass is 10.2. The third-order valence-electron chi connectivity index (χ3n) is 2.67. The van der Waals surface area contributed by atoms with Gasteiger partial charge in [-0.1, -0.05) is 0 Å². The highest BCUT2D eigenvalue weighted by Gasteiger charge is 2.29. The largest absolute Gasteiger partial charge is 0.440 e. The molecule has 8 heteroatoms. The minimum absolute atomic E-state index is 0.219. The van der Waals surface area contributed by atoms with Crippen LogP contribution < -0.4 is 10.6 Å². The van der Waals surface area contributed by atoms with E-state index in [2.05, 4.69) is 15.4 Å². The van der Waals surface area contributed by atoms with E-state index in [1.807, 2.05) is 0 Å². The number of benzene rings is 1. The second-order valence-electron chi connectivity index (χ2n) is 4.64. The van der Waals surface area contributed by atoms with E-state index in [9.17, 15) is 22.8 Å². The Morgan fingerprint density at radius 1 is 1.19 bits per heavy atom. The normalized spacial score (nSPS) is 14.4. The molecular formula is C13H13F3N2O3. The number of carbonyl (C=O) groups excluding carboxylic acids is 2. The van der Waals surface area contributed by atoms with Crippen LogP contribution in [0.2, 0.25) is 0 Å². The van der Waals surface area contributed by atoms with Crippen LogP contribution in [-0.4, -0.2) is 30.8 Å². The molecule has 1 aliphatic carbocycles. The van der Waals surface area contributed by atoms with Crippen LogP contribution in [0, 0.1) is 0 Å². The van der Waals surface area contributed by atoms with E-state index < -0.39 is 18.9 Å². The van der Waals surface area contributed by atoms with Gasteiger partial charge in [0.2, 0.25) is 0 Å². The Labute approximate surface area is 118 Å². The lowest BCUT2D eigenvalue weighted by molar-refractivity contribution is -0.159. The molecule has 1 aromatic carbocycles. The van der Waals surface area contributed by atoms with Gasteiger partial charge in [-0.3, -0.25) is 10.1 Å². The molecule has 0 heterocycles. The molecule has 2 N–H and O–H groups in total. The van der Waals surface area contributed by atoms with Gasteiger partial charge in [0.05, 0.1) is 0 Å². The van der Waals surface area contributed by atoms with E-state index in [1.54, 1.807) is 0 Å². The molecule has 0 aromatic heterocycles. The molecule has 0 atom stereocenters. The van der Waals surface area contributed by atoms with Crippen molar-refractivity contribution in [2.75, 3.05) is 11.9 Å². The first-order valence-corrected chi connectivity index (χ1v) is 6.25. The first kappa shape index (κ1) is 15.1. The standard InChI is InChI=1S/C13H13F3N2O3/c14-13(15,16)7-21-12(20)18-10-3-1-8(2-4-10)11(19)17-9-5-6-9/h1-4,9H,5-7H2,(H,17,19)(H,18,20). The van der Waals surface area contributed by atoms with Crippen LogP contribution in [0.15, 0.2) is 24.3 Å². The molecule has 2 rings (SSSR count). The molecule has 114 valence electrons. The van der Waals surface area contributed by atoms with Gasteiger partial charge in [-0.15, -0.1) is 0 Å². The average molecular weight is 302 g/mol. The van der Waals surface area contributed by atoms with Crippen molar-refractivity contribution in [3.63, 3.8) is 0 Å². The molecule has 5 nitrogen and oxygen atoms in total. The predicted molar refractivity (Wildman–Crippen MR) is 68.0 cm³/mol. The molecule has 1 fully saturated rings. The van der Waals surface area contributed by atoms with Crippen molar-refractivity contribution in [3.8, 4) is 0 Å². The van der Waals surface area contributed by atoms with Gasteiger partial charge in [-0.25, -0.2) is 4.79 Å². The Balaban J connectivity index is 1.83. The topological polar surface area (TPSA) is 67.4 Å². The van der Waals surface area contributed by atoms with Gasteiger partial charge in [-0.05, 0) is 37.1 Å². The van der Waals surface area contributed by atoms with Gasteiger partial charge in [0.1, 0.15) is 0 Å². The zero-order valence-electron chi connectivity index (χ0n) is 10.9. The summed E-state index contributed by atoms with van der Waals surface area (Å²) in [6.07, 6.45) is -3.84. The summed E-state index contributed by atoms with van der Waals surface area (Å²) in [6, 6.07) is 5.99. The maximum Gasteiger partial charge on any atom is 0.422 e. The van der Waals surface area contributed by atoms with Crippen molar-refractivity contribution in [1.29, 1.82) is 0 Å². The summed E-state index contributed by atoms with van der Waals surface area (Å²) >= 11 is 0. The fourth-order valence-electron chi connectivity index (χ4n) is 1.50. The SMILES string of the molecule is O=C(Nc1ccc(C(=O)NC2CC2)cc1)OCC(F)(F)F. The van der Waals surface area contributed by atoms with Crippen LogP contribution in [-0.2, 0) is 4.74 Å².